The van der Waals surface area contributed by atoms with Crippen molar-refractivity contribution in [1.29, 1.82) is 0 Å². The van der Waals surface area contributed by atoms with Gasteiger partial charge >= 0.3 is 11.9 Å². The Morgan fingerprint density at radius 1 is 1.10 bits per heavy atom. The number of β-lactam (4-membered cyclic amide) rings is 1. The van der Waals surface area contributed by atoms with Gasteiger partial charge in [-0.3, -0.25) is 9.59 Å². The highest BCUT2D eigenvalue weighted by Crippen LogP contribution is 2.49. The van der Waals surface area contributed by atoms with E-state index in [0.29, 0.717) is 34.6 Å². The molecule has 2 aliphatic heterocycles. The molecule has 0 N–H and O–H groups in total. The van der Waals surface area contributed by atoms with E-state index in [0.717, 1.165) is 5.56 Å². The lowest BCUT2D eigenvalue weighted by Crippen LogP contribution is -2.63. The molecule has 1 fully saturated rings. The van der Waals surface area contributed by atoms with Crippen molar-refractivity contribution in [1.82, 2.24) is 4.90 Å². The van der Waals surface area contributed by atoms with Crippen molar-refractivity contribution in [2.75, 3.05) is 7.11 Å². The number of fused-ring (bicyclic) bond motifs is 1. The first kappa shape index (κ1) is 31.2. The number of benzene rings is 2. The van der Waals surface area contributed by atoms with Gasteiger partial charge in [0.15, 0.2) is 8.32 Å². The van der Waals surface area contributed by atoms with E-state index < -0.39 is 20.3 Å². The molecule has 0 aromatic heterocycles. The summed E-state index contributed by atoms with van der Waals surface area (Å²) >= 11 is 0. The molecule has 9 heteroatoms. The third kappa shape index (κ3) is 6.22. The summed E-state index contributed by atoms with van der Waals surface area (Å²) < 4.78 is 22.8. The van der Waals surface area contributed by atoms with Crippen LogP contribution in [0.2, 0.25) is 18.1 Å². The molecule has 0 spiro atoms. The summed E-state index contributed by atoms with van der Waals surface area (Å²) in [6.45, 7) is 18.5. The average Bonchev–Trinajstić information content (AvgIpc) is 3.25. The van der Waals surface area contributed by atoms with E-state index in [1.807, 2.05) is 25.1 Å². The van der Waals surface area contributed by atoms with Crippen molar-refractivity contribution in [2.45, 2.75) is 77.9 Å². The van der Waals surface area contributed by atoms with Gasteiger partial charge in [-0.2, -0.15) is 0 Å². The van der Waals surface area contributed by atoms with Gasteiger partial charge in [0.25, 0.3) is 0 Å². The van der Waals surface area contributed by atoms with E-state index in [1.165, 1.54) is 6.92 Å². The first-order valence-corrected chi connectivity index (χ1v) is 17.1. The molecule has 42 heavy (non-hydrogen) atoms. The van der Waals surface area contributed by atoms with E-state index in [9.17, 15) is 14.4 Å². The number of amides is 1. The fourth-order valence-electron chi connectivity index (χ4n) is 5.26. The van der Waals surface area contributed by atoms with Crippen molar-refractivity contribution >= 4 is 31.7 Å². The second kappa shape index (κ2) is 11.9. The molecule has 3 atom stereocenters. The standard InChI is InChI=1S/C33H41NO7Si/c1-20(24-11-10-12-26(17-24)40-22(3)35)27-18-28-29(21(2)41-42(8,9)33(4,5)6)31(36)34(28)30(27)32(37)39-19-23-13-15-25(38-7)16-14-23/h10-17,21,28-29H,1,18-19H2,2-9H3/t21-,28-,29-/m1/s1. The predicted molar refractivity (Wildman–Crippen MR) is 163 cm³/mol. The average molecular weight is 592 g/mol. The lowest BCUT2D eigenvalue weighted by molar-refractivity contribution is -0.162. The first-order valence-electron chi connectivity index (χ1n) is 14.2. The van der Waals surface area contributed by atoms with Gasteiger partial charge in [0, 0.05) is 6.92 Å². The van der Waals surface area contributed by atoms with E-state index in [-0.39, 0.29) is 41.3 Å². The van der Waals surface area contributed by atoms with Gasteiger partial charge in [-0.25, -0.2) is 4.79 Å². The summed E-state index contributed by atoms with van der Waals surface area (Å²) in [6, 6.07) is 14.0. The Bertz CT molecular complexity index is 1420. The van der Waals surface area contributed by atoms with Gasteiger partial charge in [0.05, 0.1) is 25.2 Å². The summed E-state index contributed by atoms with van der Waals surface area (Å²) in [6.07, 6.45) is 0.127. The maximum Gasteiger partial charge on any atom is 0.355 e. The number of esters is 2. The Labute approximate surface area is 249 Å². The molecule has 0 bridgehead atoms. The van der Waals surface area contributed by atoms with E-state index in [2.05, 4.69) is 40.4 Å². The quantitative estimate of drug-likeness (QED) is 0.139. The Hall–Kier alpha value is -3.69. The minimum absolute atomic E-state index is 0.00943. The molecule has 2 aromatic carbocycles. The molecule has 8 nitrogen and oxygen atoms in total. The van der Waals surface area contributed by atoms with Crippen LogP contribution in [-0.4, -0.2) is 50.3 Å². The molecule has 2 aromatic rings. The first-order chi connectivity index (χ1) is 19.6. The number of nitrogens with zero attached hydrogens (tertiary/aromatic N) is 1. The minimum Gasteiger partial charge on any atom is -0.497 e. The zero-order valence-corrected chi connectivity index (χ0v) is 26.8. The Morgan fingerprint density at radius 2 is 1.76 bits per heavy atom. The number of hydrogen-bond acceptors (Lipinski definition) is 7. The van der Waals surface area contributed by atoms with Crippen molar-refractivity contribution in [3.63, 3.8) is 0 Å². The highest BCUT2D eigenvalue weighted by atomic mass is 28.4. The van der Waals surface area contributed by atoms with Crippen LogP contribution in [0.15, 0.2) is 66.4 Å². The van der Waals surface area contributed by atoms with Crippen molar-refractivity contribution in [3.8, 4) is 11.5 Å². The molecule has 2 heterocycles. The number of rotatable bonds is 10. The zero-order chi connectivity index (χ0) is 31.0. The number of methoxy groups -OCH3 is 1. The molecule has 1 saturated heterocycles. The summed E-state index contributed by atoms with van der Waals surface area (Å²) in [5, 5.41) is -0.00943. The minimum atomic E-state index is -2.14. The molecule has 0 unspecified atom stereocenters. The fourth-order valence-corrected chi connectivity index (χ4v) is 6.68. The van der Waals surface area contributed by atoms with Gasteiger partial charge in [0.2, 0.25) is 5.91 Å². The van der Waals surface area contributed by atoms with Crippen LogP contribution in [0.5, 0.6) is 11.5 Å². The molecule has 2 aliphatic rings. The van der Waals surface area contributed by atoms with Crippen LogP contribution in [0.25, 0.3) is 5.57 Å². The molecule has 0 aliphatic carbocycles. The SMILES string of the molecule is C=C(C1=C(C(=O)OCc2ccc(OC)cc2)N2C(=O)[C@H]([C@@H](C)O[Si](C)(C)C(C)(C)C)[C@H]2C1)c1cccc(OC(C)=O)c1. The zero-order valence-electron chi connectivity index (χ0n) is 25.8. The van der Waals surface area contributed by atoms with Crippen LogP contribution in [0.3, 0.4) is 0 Å². The molecule has 1 amide bonds. The lowest BCUT2D eigenvalue weighted by Gasteiger charge is -2.48. The Balaban J connectivity index is 1.63. The van der Waals surface area contributed by atoms with Crippen molar-refractivity contribution in [3.05, 3.63) is 77.5 Å². The van der Waals surface area contributed by atoms with Crippen LogP contribution in [-0.2, 0) is 30.2 Å². The van der Waals surface area contributed by atoms with E-state index in [1.54, 1.807) is 42.3 Å². The van der Waals surface area contributed by atoms with Crippen molar-refractivity contribution in [2.24, 2.45) is 5.92 Å². The molecule has 0 saturated carbocycles. The normalized spacial score (nSPS) is 19.1. The third-order valence-electron chi connectivity index (χ3n) is 8.53. The third-order valence-corrected chi connectivity index (χ3v) is 13.1. The van der Waals surface area contributed by atoms with E-state index in [4.69, 9.17) is 18.6 Å². The van der Waals surface area contributed by atoms with Gasteiger partial charge in [-0.1, -0.05) is 51.6 Å². The number of ether oxygens (including phenoxy) is 3. The maximum absolute atomic E-state index is 13.7. The number of allylic oxidation sites excluding steroid dienone is 1. The molecular formula is C33H41NO7Si. The second-order valence-electron chi connectivity index (χ2n) is 12.4. The topological polar surface area (TPSA) is 91.4 Å². The smallest absolute Gasteiger partial charge is 0.355 e. The Kier molecular flexibility index (Phi) is 8.85. The van der Waals surface area contributed by atoms with Crippen molar-refractivity contribution < 1.29 is 33.0 Å². The maximum atomic E-state index is 13.7. The van der Waals surface area contributed by atoms with Gasteiger partial charge < -0.3 is 23.5 Å². The van der Waals surface area contributed by atoms with Crippen LogP contribution in [0.4, 0.5) is 0 Å². The summed E-state index contributed by atoms with van der Waals surface area (Å²) in [7, 11) is -0.551. The number of carbonyl (C=O) groups is 3. The van der Waals surface area contributed by atoms with E-state index >= 15 is 0 Å². The number of carbonyl (C=O) groups excluding carboxylic acids is 3. The summed E-state index contributed by atoms with van der Waals surface area (Å²) in [4.78, 5) is 40.4. The van der Waals surface area contributed by atoms with Crippen LogP contribution < -0.4 is 9.47 Å². The largest absolute Gasteiger partial charge is 0.497 e. The predicted octanol–water partition coefficient (Wildman–Crippen LogP) is 6.27. The van der Waals surface area contributed by atoms with Gasteiger partial charge in [-0.05, 0) is 78.0 Å². The second-order valence-corrected chi connectivity index (χ2v) is 17.2. The van der Waals surface area contributed by atoms with Gasteiger partial charge in [0.1, 0.15) is 23.8 Å². The number of hydrogen-bond donors (Lipinski definition) is 0. The molecule has 224 valence electrons. The summed E-state index contributed by atoms with van der Waals surface area (Å²) in [5.41, 5.74) is 2.88. The Morgan fingerprint density at radius 3 is 2.36 bits per heavy atom. The van der Waals surface area contributed by atoms with Gasteiger partial charge in [-0.15, -0.1) is 0 Å². The lowest BCUT2D eigenvalue weighted by atomic mass is 9.82. The molecular weight excluding hydrogens is 550 g/mol. The molecule has 4 rings (SSSR count). The highest BCUT2D eigenvalue weighted by molar-refractivity contribution is 6.74. The summed E-state index contributed by atoms with van der Waals surface area (Å²) in [5.74, 6) is -0.496. The monoisotopic (exact) mass is 591 g/mol. The van der Waals surface area contributed by atoms with Crippen LogP contribution in [0, 0.1) is 5.92 Å². The highest BCUT2D eigenvalue weighted by Gasteiger charge is 2.58. The molecule has 0 radical (unpaired) electrons. The fraction of sp³-hybridized carbons (Fsp3) is 0.424. The van der Waals surface area contributed by atoms with Crippen LogP contribution >= 0.6 is 0 Å². The van der Waals surface area contributed by atoms with Crippen LogP contribution in [0.1, 0.15) is 52.2 Å².